The van der Waals surface area contributed by atoms with Gasteiger partial charge in [0.25, 0.3) is 0 Å². The number of aromatic nitrogens is 2. The molecule has 3 rings (SSSR count). The molecule has 0 amide bonds. The topological polar surface area (TPSA) is 36.3 Å². The zero-order chi connectivity index (χ0) is 24.6. The second-order valence-corrected chi connectivity index (χ2v) is 11.6. The molecular weight excluding hydrogens is 487 g/mol. The van der Waals surface area contributed by atoms with Gasteiger partial charge in [-0.25, -0.2) is 4.98 Å². The van der Waals surface area contributed by atoms with E-state index in [4.69, 9.17) is 37.7 Å². The summed E-state index contributed by atoms with van der Waals surface area (Å²) in [5.74, 6) is 0.915. The van der Waals surface area contributed by atoms with Crippen LogP contribution in [0.5, 0.6) is 0 Å². The van der Waals surface area contributed by atoms with Gasteiger partial charge in [0, 0.05) is 41.3 Å². The van der Waals surface area contributed by atoms with Crippen molar-refractivity contribution in [3.63, 3.8) is 0 Å². The third-order valence-electron chi connectivity index (χ3n) is 6.43. The van der Waals surface area contributed by atoms with E-state index in [0.717, 1.165) is 60.2 Å². The Labute approximate surface area is 220 Å². The molecule has 0 unspecified atom stereocenters. The van der Waals surface area contributed by atoms with Crippen LogP contribution in [-0.2, 0) is 22.9 Å². The molecule has 7 heteroatoms. The van der Waals surface area contributed by atoms with E-state index >= 15 is 0 Å². The maximum atomic E-state index is 6.55. The number of hydrogen-bond acceptors (Lipinski definition) is 4. The van der Waals surface area contributed by atoms with Crippen molar-refractivity contribution in [3.8, 4) is 0 Å². The second-order valence-electron chi connectivity index (χ2n) is 9.62. The molecule has 34 heavy (non-hydrogen) atoms. The molecule has 1 aromatic carbocycles. The summed E-state index contributed by atoms with van der Waals surface area (Å²) in [4.78, 5) is 6.04. The van der Waals surface area contributed by atoms with Crippen LogP contribution in [0.2, 0.25) is 10.0 Å². The smallest absolute Gasteiger partial charge is 0.168 e. The second kappa shape index (κ2) is 13.5. The largest absolute Gasteiger partial charge is 0.350 e. The highest BCUT2D eigenvalue weighted by Crippen LogP contribution is 2.37. The maximum absolute atomic E-state index is 6.55. The molecular formula is C27H40Cl2N2O2S. The molecule has 190 valence electrons. The van der Waals surface area contributed by atoms with Crippen LogP contribution in [0.25, 0.3) is 0 Å². The van der Waals surface area contributed by atoms with Gasteiger partial charge in [-0.2, -0.15) is 0 Å². The number of rotatable bonds is 11. The third kappa shape index (κ3) is 7.89. The first-order chi connectivity index (χ1) is 16.3. The Morgan fingerprint density at radius 2 is 1.62 bits per heavy atom. The molecule has 0 saturated heterocycles. The Kier molecular flexibility index (Phi) is 11.1. The minimum Gasteiger partial charge on any atom is -0.350 e. The van der Waals surface area contributed by atoms with Crippen molar-refractivity contribution in [3.05, 3.63) is 39.8 Å². The molecule has 0 radical (unpaired) electrons. The molecule has 2 aromatic rings. The van der Waals surface area contributed by atoms with Gasteiger partial charge in [-0.05, 0) is 43.4 Å². The highest BCUT2D eigenvalue weighted by molar-refractivity contribution is 7.99. The van der Waals surface area contributed by atoms with Gasteiger partial charge in [-0.15, -0.1) is 0 Å². The molecule has 1 heterocycles. The lowest BCUT2D eigenvalue weighted by atomic mass is 9.95. The molecule has 0 bridgehead atoms. The Morgan fingerprint density at radius 3 is 2.24 bits per heavy atom. The van der Waals surface area contributed by atoms with Gasteiger partial charge < -0.3 is 14.0 Å². The molecule has 1 aliphatic rings. The number of hydrogen-bond donors (Lipinski definition) is 0. The summed E-state index contributed by atoms with van der Waals surface area (Å²) in [6.45, 7) is 7.96. The van der Waals surface area contributed by atoms with Crippen LogP contribution in [0.3, 0.4) is 0 Å². The summed E-state index contributed by atoms with van der Waals surface area (Å²) in [7, 11) is 2.09. The SMILES string of the molecule is CCCCOC1(OCCc2nc(C(C)C)c(Sc3cc(Cl)cc(Cl)c3)n2C)CCCCCCC1. The molecule has 1 aromatic heterocycles. The normalized spacial score (nSPS) is 16.6. The molecule has 1 fully saturated rings. The predicted octanol–water partition coefficient (Wildman–Crippen LogP) is 8.82. The van der Waals surface area contributed by atoms with Crippen LogP contribution in [0.4, 0.5) is 0 Å². The molecule has 1 aliphatic carbocycles. The Hall–Kier alpha value is -0.720. The molecule has 0 spiro atoms. The lowest BCUT2D eigenvalue weighted by molar-refractivity contribution is -0.247. The standard InChI is InChI=1S/C27H40Cl2N2O2S/c1-5-6-15-32-27(13-10-8-7-9-11-14-27)33-16-12-24-30-25(20(2)3)26(31(24)4)34-23-18-21(28)17-22(29)19-23/h17-20H,5-16H2,1-4H3. The third-order valence-corrected chi connectivity index (χ3v) is 8.01. The average Bonchev–Trinajstić information content (AvgIpc) is 3.06. The van der Waals surface area contributed by atoms with Crippen molar-refractivity contribution in [2.75, 3.05) is 13.2 Å². The van der Waals surface area contributed by atoms with Gasteiger partial charge in [0.15, 0.2) is 5.79 Å². The number of nitrogens with zero attached hydrogens (tertiary/aromatic N) is 2. The number of ether oxygens (including phenoxy) is 2. The Balaban J connectivity index is 1.73. The van der Waals surface area contributed by atoms with Crippen molar-refractivity contribution < 1.29 is 9.47 Å². The van der Waals surface area contributed by atoms with E-state index in [1.54, 1.807) is 17.8 Å². The molecule has 0 aliphatic heterocycles. The van der Waals surface area contributed by atoms with Crippen LogP contribution in [0, 0.1) is 0 Å². The number of benzene rings is 1. The zero-order valence-electron chi connectivity index (χ0n) is 21.2. The summed E-state index contributed by atoms with van der Waals surface area (Å²) in [6, 6.07) is 5.66. The highest BCUT2D eigenvalue weighted by atomic mass is 35.5. The quantitative estimate of drug-likeness (QED) is 0.216. The summed E-state index contributed by atoms with van der Waals surface area (Å²) < 4.78 is 15.2. The minimum absolute atomic E-state index is 0.312. The highest BCUT2D eigenvalue weighted by Gasteiger charge is 2.32. The first-order valence-electron chi connectivity index (χ1n) is 12.8. The van der Waals surface area contributed by atoms with Crippen LogP contribution in [-0.4, -0.2) is 28.6 Å². The van der Waals surface area contributed by atoms with Crippen LogP contribution in [0.1, 0.15) is 96.0 Å². The van der Waals surface area contributed by atoms with Crippen molar-refractivity contribution in [2.24, 2.45) is 7.05 Å². The average molecular weight is 528 g/mol. The van der Waals surface area contributed by atoms with E-state index in [0.29, 0.717) is 22.6 Å². The van der Waals surface area contributed by atoms with Crippen LogP contribution < -0.4 is 0 Å². The Morgan fingerprint density at radius 1 is 1.00 bits per heavy atom. The van der Waals surface area contributed by atoms with E-state index < -0.39 is 5.79 Å². The Bertz CT molecular complexity index is 888. The predicted molar refractivity (Wildman–Crippen MR) is 143 cm³/mol. The van der Waals surface area contributed by atoms with Crippen LogP contribution in [0.15, 0.2) is 28.1 Å². The molecule has 4 nitrogen and oxygen atoms in total. The lowest BCUT2D eigenvalue weighted by Crippen LogP contribution is -2.38. The fraction of sp³-hybridized carbons (Fsp3) is 0.667. The van der Waals surface area contributed by atoms with Gasteiger partial charge in [-0.1, -0.05) is 81.4 Å². The summed E-state index contributed by atoms with van der Waals surface area (Å²) >= 11 is 14.1. The molecule has 1 saturated carbocycles. The monoisotopic (exact) mass is 526 g/mol. The fourth-order valence-corrected chi connectivity index (χ4v) is 6.35. The summed E-state index contributed by atoms with van der Waals surface area (Å²) in [6.07, 6.45) is 11.2. The fourth-order valence-electron chi connectivity index (χ4n) is 4.48. The zero-order valence-corrected chi connectivity index (χ0v) is 23.5. The van der Waals surface area contributed by atoms with Crippen molar-refractivity contribution in [1.29, 1.82) is 0 Å². The minimum atomic E-state index is -0.434. The van der Waals surface area contributed by atoms with Gasteiger partial charge >= 0.3 is 0 Å². The van der Waals surface area contributed by atoms with E-state index in [9.17, 15) is 0 Å². The molecule has 0 atom stereocenters. The summed E-state index contributed by atoms with van der Waals surface area (Å²) in [5, 5.41) is 2.41. The van der Waals surface area contributed by atoms with Crippen LogP contribution >= 0.6 is 35.0 Å². The maximum Gasteiger partial charge on any atom is 0.168 e. The summed E-state index contributed by atoms with van der Waals surface area (Å²) in [5.41, 5.74) is 1.10. The van der Waals surface area contributed by atoms with Gasteiger partial charge in [0.2, 0.25) is 0 Å². The number of unbranched alkanes of at least 4 members (excludes halogenated alkanes) is 1. The first kappa shape index (κ1) is 27.9. The van der Waals surface area contributed by atoms with Gasteiger partial charge in [-0.3, -0.25) is 0 Å². The van der Waals surface area contributed by atoms with Crippen molar-refractivity contribution in [2.45, 2.75) is 107 Å². The van der Waals surface area contributed by atoms with Crippen molar-refractivity contribution in [1.82, 2.24) is 9.55 Å². The number of imidazole rings is 1. The first-order valence-corrected chi connectivity index (χ1v) is 14.4. The van der Waals surface area contributed by atoms with E-state index in [1.807, 2.05) is 12.1 Å². The van der Waals surface area contributed by atoms with Gasteiger partial charge in [0.1, 0.15) is 10.9 Å². The van der Waals surface area contributed by atoms with E-state index in [2.05, 4.69) is 32.4 Å². The molecule has 0 N–H and O–H groups in total. The van der Waals surface area contributed by atoms with Crippen molar-refractivity contribution >= 4 is 35.0 Å². The number of halogens is 2. The van der Waals surface area contributed by atoms with E-state index in [1.165, 1.54) is 32.1 Å². The lowest BCUT2D eigenvalue weighted by Gasteiger charge is -2.35. The van der Waals surface area contributed by atoms with Gasteiger partial charge in [0.05, 0.1) is 18.9 Å². The van der Waals surface area contributed by atoms with E-state index in [-0.39, 0.29) is 0 Å².